The number of likely N-dealkylation sites (N-methyl/N-ethyl adjacent to an activating group) is 1. The molecule has 0 aliphatic carbocycles. The van der Waals surface area contributed by atoms with Crippen LogP contribution in [0.3, 0.4) is 0 Å². The van der Waals surface area contributed by atoms with Crippen molar-refractivity contribution in [2.24, 2.45) is 22.9 Å². The van der Waals surface area contributed by atoms with Gasteiger partial charge in [-0.2, -0.15) is 18.3 Å². The molecule has 0 saturated carbocycles. The highest BCUT2D eigenvalue weighted by Crippen LogP contribution is 2.40. The number of oxime groups is 1. The van der Waals surface area contributed by atoms with Crippen LogP contribution in [-0.2, 0) is 59.0 Å². The number of esters is 1. The fourth-order valence-electron chi connectivity index (χ4n) is 11.7. The van der Waals surface area contributed by atoms with E-state index in [1.54, 1.807) is 72.7 Å². The number of unbranched alkanes of at least 4 members (excludes halogenated alkanes) is 3. The molecule has 3 aromatic rings. The lowest BCUT2D eigenvalue weighted by atomic mass is 9.75. The maximum Gasteiger partial charge on any atom is 0.435 e. The van der Waals surface area contributed by atoms with Crippen molar-refractivity contribution in [3.8, 4) is 16.9 Å². The predicted molar refractivity (Wildman–Crippen MR) is 315 cm³/mol. The molecule has 4 heterocycles. The molecule has 3 fully saturated rings. The summed E-state index contributed by atoms with van der Waals surface area (Å²) in [4.78, 5) is 34.7. The summed E-state index contributed by atoms with van der Waals surface area (Å²) in [5, 5.41) is 70.8. The van der Waals surface area contributed by atoms with Gasteiger partial charge in [0.15, 0.2) is 18.3 Å². The number of aromatic nitrogens is 2. The Morgan fingerprint density at radius 1 is 0.897 bits per heavy atom. The average molecular weight is 1260 g/mol. The number of rotatable bonds is 21. The van der Waals surface area contributed by atoms with E-state index >= 15 is 0 Å². The topological polar surface area (TPSA) is 292 Å². The summed E-state index contributed by atoms with van der Waals surface area (Å²) in [7, 11) is 0.933. The van der Waals surface area contributed by atoms with Gasteiger partial charge in [0.05, 0.1) is 76.2 Å². The number of sulfonamides is 1. The van der Waals surface area contributed by atoms with Crippen molar-refractivity contribution in [1.82, 2.24) is 24.7 Å². The van der Waals surface area contributed by atoms with Crippen LogP contribution in [-0.4, -0.2) is 191 Å². The number of aliphatic hydroxyl groups excluding tert-OH is 3. The van der Waals surface area contributed by atoms with Gasteiger partial charge in [0.25, 0.3) is 0 Å². The molecule has 17 atom stereocenters. The summed E-state index contributed by atoms with van der Waals surface area (Å²) in [6, 6.07) is 12.5. The summed E-state index contributed by atoms with van der Waals surface area (Å²) in [5.41, 5.74) is -4.06. The Balaban J connectivity index is 1.10. The molecule has 87 heavy (non-hydrogen) atoms. The number of halogens is 3. The van der Waals surface area contributed by atoms with E-state index in [4.69, 9.17) is 33.3 Å². The SMILES string of the molecule is CC[C@H]1OC(=O)[C@H](C)[C@@H](O[C@H]2C[C@@](C)(OC)[C@@H](O)[C@H](C)O2)C[C@@H](O[C@@H]2O[C@H](C)C[C@H](N(C)C)[C@H]2O)[C@](C)(O)C[C@@H](C)C(=NOCCCCCCNC(=O)CNS(=O)(=O)c2ccc(-n3nc(C(F)(F)F)cc3-c3ccc(C)cc3)cc2)[C@H](C)[C@@H](O)[C@]1(C)O. The lowest BCUT2D eigenvalue weighted by Crippen LogP contribution is -2.59. The van der Waals surface area contributed by atoms with Gasteiger partial charge in [0.2, 0.25) is 15.9 Å². The molecule has 3 aliphatic heterocycles. The van der Waals surface area contributed by atoms with Crippen molar-refractivity contribution in [2.45, 2.75) is 222 Å². The first-order valence-corrected chi connectivity index (χ1v) is 31.5. The highest BCUT2D eigenvalue weighted by atomic mass is 32.2. The number of nitrogens with one attached hydrogen (secondary N) is 2. The molecule has 1 aromatic heterocycles. The molecule has 2 aromatic carbocycles. The van der Waals surface area contributed by atoms with Crippen LogP contribution in [0.1, 0.15) is 131 Å². The monoisotopic (exact) mass is 1250 g/mol. The number of carbonyl (C=O) groups is 2. The van der Waals surface area contributed by atoms with Gasteiger partial charge < -0.3 is 69.0 Å². The Morgan fingerprint density at radius 3 is 2.17 bits per heavy atom. The first-order chi connectivity index (χ1) is 40.6. The summed E-state index contributed by atoms with van der Waals surface area (Å²) >= 11 is 0. The van der Waals surface area contributed by atoms with Gasteiger partial charge in [-0.1, -0.05) is 62.2 Å². The summed E-state index contributed by atoms with van der Waals surface area (Å²) < 4.78 is 108. The Bertz CT molecular complexity index is 2860. The van der Waals surface area contributed by atoms with Crippen LogP contribution in [0, 0.1) is 24.7 Å². The van der Waals surface area contributed by atoms with Crippen molar-refractivity contribution in [2.75, 3.05) is 40.9 Å². The maximum absolute atomic E-state index is 14.4. The Hall–Kier alpha value is -4.68. The van der Waals surface area contributed by atoms with Gasteiger partial charge in [0.1, 0.15) is 30.5 Å². The number of ether oxygens (including phenoxy) is 6. The molecule has 0 unspecified atom stereocenters. The number of aliphatic hydroxyl groups is 5. The smallest absolute Gasteiger partial charge is 0.435 e. The lowest BCUT2D eigenvalue weighted by molar-refractivity contribution is -0.307. The normalized spacial score (nSPS) is 33.9. The van der Waals surface area contributed by atoms with E-state index in [1.165, 1.54) is 38.3 Å². The number of methoxy groups -OCH3 is 1. The molecule has 0 spiro atoms. The van der Waals surface area contributed by atoms with Crippen molar-refractivity contribution in [3.63, 3.8) is 0 Å². The summed E-state index contributed by atoms with van der Waals surface area (Å²) in [6.07, 6.45) is -12.7. The first kappa shape index (κ1) is 71.4. The number of aryl methyl sites for hydroxylation is 1. The summed E-state index contributed by atoms with van der Waals surface area (Å²) in [6.45, 7) is 16.5. The Labute approximate surface area is 509 Å². The molecular formula is C61H93F3N6O16S. The first-order valence-electron chi connectivity index (χ1n) is 30.0. The molecule has 0 bridgehead atoms. The number of hydrogen-bond acceptors (Lipinski definition) is 19. The van der Waals surface area contributed by atoms with E-state index in [1.807, 2.05) is 32.8 Å². The van der Waals surface area contributed by atoms with E-state index in [0.29, 0.717) is 37.7 Å². The van der Waals surface area contributed by atoms with Crippen LogP contribution in [0.2, 0.25) is 0 Å². The quantitative estimate of drug-likeness (QED) is 0.0356. The zero-order valence-corrected chi connectivity index (χ0v) is 53.1. The second-order valence-electron chi connectivity index (χ2n) is 24.7. The van der Waals surface area contributed by atoms with E-state index in [2.05, 4.69) is 20.3 Å². The number of nitrogens with zero attached hydrogens (tertiary/aromatic N) is 4. The molecule has 3 saturated heterocycles. The van der Waals surface area contributed by atoms with Crippen LogP contribution in [0.15, 0.2) is 64.6 Å². The van der Waals surface area contributed by atoms with Crippen molar-refractivity contribution >= 4 is 27.6 Å². The molecule has 1 amide bonds. The van der Waals surface area contributed by atoms with Crippen LogP contribution >= 0.6 is 0 Å². The van der Waals surface area contributed by atoms with Crippen LogP contribution in [0.25, 0.3) is 16.9 Å². The van der Waals surface area contributed by atoms with Gasteiger partial charge in [-0.15, -0.1) is 0 Å². The number of cyclic esters (lactones) is 1. The minimum Gasteiger partial charge on any atom is -0.459 e. The number of alkyl halides is 3. The molecular weight excluding hydrogens is 1160 g/mol. The fourth-order valence-corrected chi connectivity index (χ4v) is 12.7. The van der Waals surface area contributed by atoms with Gasteiger partial charge in [-0.25, -0.2) is 17.8 Å². The second-order valence-corrected chi connectivity index (χ2v) is 26.5. The highest BCUT2D eigenvalue weighted by Gasteiger charge is 2.52. The predicted octanol–water partition coefficient (Wildman–Crippen LogP) is 6.18. The van der Waals surface area contributed by atoms with Crippen LogP contribution in [0.5, 0.6) is 0 Å². The van der Waals surface area contributed by atoms with Crippen molar-refractivity contribution < 1.29 is 90.0 Å². The average Bonchev–Trinajstić information content (AvgIpc) is 1.95. The molecule has 22 nitrogen and oxygen atoms in total. The molecule has 6 rings (SSSR count). The number of amides is 1. The van der Waals surface area contributed by atoms with E-state index in [-0.39, 0.29) is 73.0 Å². The standard InChI is InChI=1S/C61H93F3N6O16S/c1-14-48-60(10,77)54(73)39(6)52(36(3)32-58(8,76)49(86-57-53(72)45(69(11)12)29-37(4)82-57)31-46(38(5)56(75)85-48)84-51-33-59(9,80-13)55(74)40(7)83-51)68-81-28-18-16-15-17-27-65-50(71)34-66-87(78,79)43-25-23-42(24-26-43)70-44(30-47(67-70)61(62,63)64)41-21-19-35(2)20-22-41/h19-26,30,36-40,45-46,48-49,51,53-55,57,66,72-74,76-77H,14-18,27-29,31-34H2,1-13H3,(H,65,71)/t36-,37-,38-,39+,40+,45+,46+,48-,49-,51+,53-,54-,55+,57+,58-,59-,60-/m1/s1. The highest BCUT2D eigenvalue weighted by molar-refractivity contribution is 7.89. The van der Waals surface area contributed by atoms with Gasteiger partial charge in [0, 0.05) is 49.9 Å². The fraction of sp³-hybridized carbons (Fsp3) is 0.705. The third-order valence-corrected chi connectivity index (χ3v) is 18.7. The molecule has 3 aliphatic rings. The lowest BCUT2D eigenvalue weighted by Gasteiger charge is -2.47. The molecule has 26 heteroatoms. The van der Waals surface area contributed by atoms with E-state index in [9.17, 15) is 56.7 Å². The minimum atomic E-state index is -4.72. The van der Waals surface area contributed by atoms with Crippen LogP contribution < -0.4 is 10.0 Å². The summed E-state index contributed by atoms with van der Waals surface area (Å²) in [5.74, 6) is -4.09. The molecule has 490 valence electrons. The van der Waals surface area contributed by atoms with Gasteiger partial charge >= 0.3 is 12.1 Å². The van der Waals surface area contributed by atoms with Gasteiger partial charge in [-0.05, 0) is 131 Å². The largest absolute Gasteiger partial charge is 0.459 e. The van der Waals surface area contributed by atoms with Gasteiger partial charge in [-0.3, -0.25) is 9.59 Å². The Morgan fingerprint density at radius 2 is 1.55 bits per heavy atom. The third kappa shape index (κ3) is 18.1. The van der Waals surface area contributed by atoms with E-state index in [0.717, 1.165) is 16.3 Å². The van der Waals surface area contributed by atoms with Crippen molar-refractivity contribution in [1.29, 1.82) is 0 Å². The zero-order valence-electron chi connectivity index (χ0n) is 52.3. The zero-order chi connectivity index (χ0) is 64.6. The Kier molecular flexibility index (Phi) is 24.6. The maximum atomic E-state index is 14.4. The number of benzene rings is 2. The number of carbonyl (C=O) groups excluding carboxylic acids is 2. The number of hydrogen-bond donors (Lipinski definition) is 7. The minimum absolute atomic E-state index is 0.0557. The third-order valence-electron chi connectivity index (χ3n) is 17.3. The second kappa shape index (κ2) is 30.0. The molecule has 0 radical (unpaired) electrons. The van der Waals surface area contributed by atoms with E-state index < -0.39 is 130 Å². The van der Waals surface area contributed by atoms with Crippen LogP contribution in [0.4, 0.5) is 13.2 Å². The van der Waals surface area contributed by atoms with Crippen molar-refractivity contribution in [3.05, 3.63) is 65.9 Å². The molecule has 7 N–H and O–H groups in total.